The van der Waals surface area contributed by atoms with Crippen LogP contribution in [-0.4, -0.2) is 48.6 Å². The van der Waals surface area contributed by atoms with Gasteiger partial charge in [-0.25, -0.2) is 4.79 Å². The van der Waals surface area contributed by atoms with Crippen LogP contribution in [0.1, 0.15) is 53.3 Å². The van der Waals surface area contributed by atoms with Gasteiger partial charge in [0.25, 0.3) is 5.91 Å². The Morgan fingerprint density at radius 2 is 1.88 bits per heavy atom. The third kappa shape index (κ3) is 5.40. The van der Waals surface area contributed by atoms with Gasteiger partial charge in [-0.2, -0.15) is 0 Å². The summed E-state index contributed by atoms with van der Waals surface area (Å²) in [6.45, 7) is 11.7. The van der Waals surface area contributed by atoms with Crippen LogP contribution in [0.3, 0.4) is 0 Å². The van der Waals surface area contributed by atoms with Crippen molar-refractivity contribution in [1.82, 2.24) is 10.2 Å². The highest BCUT2D eigenvalue weighted by Crippen LogP contribution is 2.34. The summed E-state index contributed by atoms with van der Waals surface area (Å²) in [7, 11) is 1.32. The fourth-order valence-electron chi connectivity index (χ4n) is 2.25. The molecule has 0 fully saturated rings. The highest BCUT2D eigenvalue weighted by molar-refractivity contribution is 7.80. The molecular weight excluding hydrogens is 358 g/mol. The van der Waals surface area contributed by atoms with Gasteiger partial charge < -0.3 is 20.3 Å². The molecular formula is C17H27N3O3S2. The van der Waals surface area contributed by atoms with E-state index in [1.54, 1.807) is 11.8 Å². The number of esters is 1. The van der Waals surface area contributed by atoms with E-state index in [4.69, 9.17) is 17.0 Å². The topological polar surface area (TPSA) is 70.7 Å². The third-order valence-corrected chi connectivity index (χ3v) is 5.12. The Balaban J connectivity index is 3.19. The second kappa shape index (κ2) is 9.72. The number of amides is 1. The third-order valence-electron chi connectivity index (χ3n) is 3.68. The van der Waals surface area contributed by atoms with Gasteiger partial charge in [-0.1, -0.05) is 13.8 Å². The molecule has 6 nitrogen and oxygen atoms in total. The van der Waals surface area contributed by atoms with Crippen molar-refractivity contribution in [1.29, 1.82) is 0 Å². The highest BCUT2D eigenvalue weighted by atomic mass is 32.1. The van der Waals surface area contributed by atoms with Gasteiger partial charge in [-0.05, 0) is 44.5 Å². The Morgan fingerprint density at radius 3 is 2.36 bits per heavy atom. The summed E-state index contributed by atoms with van der Waals surface area (Å²) in [6.07, 6.45) is 0. The summed E-state index contributed by atoms with van der Waals surface area (Å²) in [5.74, 6) is -0.141. The standard InChI is InChI=1S/C17H27N3O3S2/c1-7-20(8-2)15(21)13-11(5)12(16(22)23-6)14(25-13)19-17(24)18-9-10(3)4/h10H,7-9H2,1-6H3,(H2,18,19,24). The first-order valence-electron chi connectivity index (χ1n) is 8.32. The lowest BCUT2D eigenvalue weighted by atomic mass is 10.1. The minimum Gasteiger partial charge on any atom is -0.465 e. The molecule has 0 unspecified atom stereocenters. The summed E-state index contributed by atoms with van der Waals surface area (Å²) >= 11 is 6.52. The van der Waals surface area contributed by atoms with Crippen LogP contribution in [0, 0.1) is 12.8 Å². The Kier molecular flexibility index (Phi) is 8.31. The summed E-state index contributed by atoms with van der Waals surface area (Å²) in [4.78, 5) is 27.2. The Hall–Kier alpha value is -1.67. The van der Waals surface area contributed by atoms with Gasteiger partial charge >= 0.3 is 5.97 Å². The first-order chi connectivity index (χ1) is 11.8. The quantitative estimate of drug-likeness (QED) is 0.554. The summed E-state index contributed by atoms with van der Waals surface area (Å²) in [6, 6.07) is 0. The molecule has 0 saturated heterocycles. The minimum absolute atomic E-state index is 0.0910. The van der Waals surface area contributed by atoms with Crippen LogP contribution in [0.25, 0.3) is 0 Å². The van der Waals surface area contributed by atoms with Crippen molar-refractivity contribution in [2.75, 3.05) is 32.1 Å². The second-order valence-electron chi connectivity index (χ2n) is 5.96. The molecule has 2 N–H and O–H groups in total. The molecule has 25 heavy (non-hydrogen) atoms. The van der Waals surface area contributed by atoms with Crippen molar-refractivity contribution in [3.63, 3.8) is 0 Å². The van der Waals surface area contributed by atoms with Crippen LogP contribution in [0.4, 0.5) is 5.00 Å². The molecule has 0 aromatic carbocycles. The predicted octanol–water partition coefficient (Wildman–Crippen LogP) is 3.27. The largest absolute Gasteiger partial charge is 0.465 e. The highest BCUT2D eigenvalue weighted by Gasteiger charge is 2.27. The van der Waals surface area contributed by atoms with Crippen LogP contribution < -0.4 is 10.6 Å². The predicted molar refractivity (Wildman–Crippen MR) is 107 cm³/mol. The summed E-state index contributed by atoms with van der Waals surface area (Å²) in [5.41, 5.74) is 0.972. The van der Waals surface area contributed by atoms with Gasteiger partial charge in [-0.15, -0.1) is 11.3 Å². The van der Waals surface area contributed by atoms with Gasteiger partial charge in [0.05, 0.1) is 17.6 Å². The molecule has 0 radical (unpaired) electrons. The number of thiophene rings is 1. The number of nitrogens with zero attached hydrogens (tertiary/aromatic N) is 1. The number of ether oxygens (including phenoxy) is 1. The molecule has 1 amide bonds. The number of thiocarbonyl (C=S) groups is 1. The van der Waals surface area contributed by atoms with E-state index in [-0.39, 0.29) is 5.91 Å². The molecule has 0 atom stereocenters. The number of rotatable bonds is 7. The van der Waals surface area contributed by atoms with E-state index >= 15 is 0 Å². The lowest BCUT2D eigenvalue weighted by Crippen LogP contribution is -2.31. The number of methoxy groups -OCH3 is 1. The van der Waals surface area contributed by atoms with Gasteiger partial charge in [0.1, 0.15) is 5.00 Å². The van der Waals surface area contributed by atoms with E-state index in [1.807, 2.05) is 13.8 Å². The molecule has 0 saturated carbocycles. The molecule has 1 heterocycles. The molecule has 8 heteroatoms. The number of carbonyl (C=O) groups is 2. The van der Waals surface area contributed by atoms with Crippen molar-refractivity contribution in [3.05, 3.63) is 16.0 Å². The van der Waals surface area contributed by atoms with E-state index in [1.165, 1.54) is 18.4 Å². The van der Waals surface area contributed by atoms with E-state index in [0.717, 1.165) is 6.54 Å². The van der Waals surface area contributed by atoms with Gasteiger partial charge in [0, 0.05) is 19.6 Å². The fourth-order valence-corrected chi connectivity index (χ4v) is 3.67. The average molecular weight is 386 g/mol. The number of hydrogen-bond acceptors (Lipinski definition) is 5. The van der Waals surface area contributed by atoms with Crippen molar-refractivity contribution < 1.29 is 14.3 Å². The first kappa shape index (κ1) is 21.4. The van der Waals surface area contributed by atoms with Gasteiger partial charge in [0.15, 0.2) is 5.11 Å². The van der Waals surface area contributed by atoms with E-state index in [9.17, 15) is 9.59 Å². The van der Waals surface area contributed by atoms with Crippen LogP contribution in [0.2, 0.25) is 0 Å². The average Bonchev–Trinajstić information content (AvgIpc) is 2.89. The number of hydrogen-bond donors (Lipinski definition) is 2. The Bertz CT molecular complexity index is 637. The lowest BCUT2D eigenvalue weighted by Gasteiger charge is -2.18. The molecule has 1 rings (SSSR count). The first-order valence-corrected chi connectivity index (χ1v) is 9.54. The van der Waals surface area contributed by atoms with Crippen molar-refractivity contribution in [2.45, 2.75) is 34.6 Å². The van der Waals surface area contributed by atoms with Crippen LogP contribution in [0.15, 0.2) is 0 Å². The lowest BCUT2D eigenvalue weighted by molar-refractivity contribution is 0.0601. The zero-order valence-corrected chi connectivity index (χ0v) is 17.3. The maximum absolute atomic E-state index is 12.7. The molecule has 140 valence electrons. The zero-order chi connectivity index (χ0) is 19.1. The van der Waals surface area contributed by atoms with E-state index < -0.39 is 5.97 Å². The molecule has 0 spiro atoms. The van der Waals surface area contributed by atoms with Crippen LogP contribution in [0.5, 0.6) is 0 Å². The minimum atomic E-state index is -0.485. The Labute approximate surface area is 158 Å². The van der Waals surface area contributed by atoms with Crippen molar-refractivity contribution in [3.8, 4) is 0 Å². The molecule has 0 aliphatic carbocycles. The fraction of sp³-hybridized carbons (Fsp3) is 0.588. The van der Waals surface area contributed by atoms with Gasteiger partial charge in [0.2, 0.25) is 0 Å². The smallest absolute Gasteiger partial charge is 0.341 e. The molecule has 1 aromatic rings. The number of nitrogens with one attached hydrogen (secondary N) is 2. The van der Waals surface area contributed by atoms with Crippen LogP contribution in [-0.2, 0) is 4.74 Å². The van der Waals surface area contributed by atoms with Crippen molar-refractivity contribution >= 4 is 45.5 Å². The van der Waals surface area contributed by atoms with E-state index in [2.05, 4.69) is 24.5 Å². The van der Waals surface area contributed by atoms with Crippen LogP contribution >= 0.6 is 23.6 Å². The second-order valence-corrected chi connectivity index (χ2v) is 7.39. The molecule has 0 aliphatic rings. The van der Waals surface area contributed by atoms with Crippen molar-refractivity contribution in [2.24, 2.45) is 5.92 Å². The summed E-state index contributed by atoms with van der Waals surface area (Å²) in [5, 5.41) is 7.08. The maximum Gasteiger partial charge on any atom is 0.341 e. The summed E-state index contributed by atoms with van der Waals surface area (Å²) < 4.78 is 4.88. The SMILES string of the molecule is CCN(CC)C(=O)c1sc(NC(=S)NCC(C)C)c(C(=O)OC)c1C. The monoisotopic (exact) mass is 385 g/mol. The number of anilines is 1. The normalized spacial score (nSPS) is 10.5. The zero-order valence-electron chi connectivity index (χ0n) is 15.7. The Morgan fingerprint density at radius 1 is 1.28 bits per heavy atom. The molecule has 1 aromatic heterocycles. The molecule has 0 bridgehead atoms. The van der Waals surface area contributed by atoms with E-state index in [0.29, 0.717) is 45.1 Å². The molecule has 0 aliphatic heterocycles. The maximum atomic E-state index is 12.7. The van der Waals surface area contributed by atoms with Gasteiger partial charge in [-0.3, -0.25) is 4.79 Å². The number of carbonyl (C=O) groups excluding carboxylic acids is 2.